The second-order valence-electron chi connectivity index (χ2n) is 5.18. The molecule has 0 saturated carbocycles. The molecule has 1 aliphatic heterocycles. The van der Waals surface area contributed by atoms with Gasteiger partial charge in [0.2, 0.25) is 0 Å². The predicted molar refractivity (Wildman–Crippen MR) is 66.2 cm³/mol. The second kappa shape index (κ2) is 4.19. The Labute approximate surface area is 97.9 Å². The summed E-state index contributed by atoms with van der Waals surface area (Å²) in [4.78, 5) is 2.32. The van der Waals surface area contributed by atoms with Crippen molar-refractivity contribution in [3.63, 3.8) is 0 Å². The van der Waals surface area contributed by atoms with Crippen LogP contribution in [-0.4, -0.2) is 29.6 Å². The number of hydrogen-bond acceptors (Lipinski definition) is 2. The highest BCUT2D eigenvalue weighted by molar-refractivity contribution is 5.24. The summed E-state index contributed by atoms with van der Waals surface area (Å²) in [6.07, 6.45) is 0.814. The highest BCUT2D eigenvalue weighted by Crippen LogP contribution is 2.39. The maximum atomic E-state index is 10.9. The first-order valence-corrected chi connectivity index (χ1v) is 6.02. The van der Waals surface area contributed by atoms with Crippen molar-refractivity contribution < 1.29 is 5.11 Å². The Kier molecular flexibility index (Phi) is 3.04. The number of piperidine rings is 1. The van der Waals surface area contributed by atoms with Gasteiger partial charge in [-0.2, -0.15) is 0 Å². The first-order chi connectivity index (χ1) is 7.54. The molecule has 1 aliphatic rings. The fourth-order valence-corrected chi connectivity index (χ4v) is 2.70. The van der Waals surface area contributed by atoms with Crippen LogP contribution in [0.1, 0.15) is 25.8 Å². The van der Waals surface area contributed by atoms with E-state index >= 15 is 0 Å². The largest absolute Gasteiger partial charge is 0.385 e. The molecule has 0 aromatic heterocycles. The fourth-order valence-electron chi connectivity index (χ4n) is 2.70. The lowest BCUT2D eigenvalue weighted by Gasteiger charge is -2.46. The number of likely N-dealkylation sites (tertiary alicyclic amines) is 1. The smallest absolute Gasteiger partial charge is 0.0948 e. The van der Waals surface area contributed by atoms with Gasteiger partial charge in [0, 0.05) is 18.5 Å². The monoisotopic (exact) mass is 219 g/mol. The Morgan fingerprint density at radius 2 is 1.88 bits per heavy atom. The van der Waals surface area contributed by atoms with Crippen LogP contribution in [0.5, 0.6) is 0 Å². The Morgan fingerprint density at radius 1 is 1.25 bits per heavy atom. The summed E-state index contributed by atoms with van der Waals surface area (Å²) in [5, 5.41) is 10.9. The summed E-state index contributed by atoms with van der Waals surface area (Å²) < 4.78 is 0. The normalized spacial score (nSPS) is 36.2. The highest BCUT2D eigenvalue weighted by Gasteiger charge is 2.42. The Hall–Kier alpha value is -0.860. The molecule has 1 fully saturated rings. The van der Waals surface area contributed by atoms with Gasteiger partial charge in [-0.1, -0.05) is 37.3 Å². The molecule has 16 heavy (non-hydrogen) atoms. The van der Waals surface area contributed by atoms with Gasteiger partial charge in [0.1, 0.15) is 0 Å². The molecular formula is C14H21NO. The molecular weight excluding hydrogens is 198 g/mol. The van der Waals surface area contributed by atoms with Crippen LogP contribution in [0.4, 0.5) is 0 Å². The number of hydrogen-bond donors (Lipinski definition) is 1. The maximum Gasteiger partial charge on any atom is 0.0948 e. The summed E-state index contributed by atoms with van der Waals surface area (Å²) in [6.45, 7) is 5.27. The minimum Gasteiger partial charge on any atom is -0.385 e. The fraction of sp³-hybridized carbons (Fsp3) is 0.571. The van der Waals surface area contributed by atoms with Crippen LogP contribution in [-0.2, 0) is 5.60 Å². The van der Waals surface area contributed by atoms with Crippen molar-refractivity contribution in [3.05, 3.63) is 35.9 Å². The van der Waals surface area contributed by atoms with Gasteiger partial charge in [0.15, 0.2) is 0 Å². The lowest BCUT2D eigenvalue weighted by Crippen LogP contribution is -2.51. The van der Waals surface area contributed by atoms with E-state index in [0.717, 1.165) is 18.5 Å². The van der Waals surface area contributed by atoms with Gasteiger partial charge in [-0.05, 0) is 26.0 Å². The van der Waals surface area contributed by atoms with Crippen LogP contribution in [0.25, 0.3) is 0 Å². The molecule has 2 heteroatoms. The van der Waals surface area contributed by atoms with E-state index < -0.39 is 5.60 Å². The predicted octanol–water partition coefficient (Wildman–Crippen LogP) is 2.23. The quantitative estimate of drug-likeness (QED) is 0.783. The van der Waals surface area contributed by atoms with Crippen LogP contribution in [0.15, 0.2) is 30.3 Å². The minimum absolute atomic E-state index is 0.274. The van der Waals surface area contributed by atoms with E-state index in [1.165, 1.54) is 0 Å². The maximum absolute atomic E-state index is 10.9. The summed E-state index contributed by atoms with van der Waals surface area (Å²) in [5.74, 6) is 0.274. The standard InChI is InChI=1S/C14H21NO/c1-11-10-15(3)12(2)9-14(11,16)13-7-5-4-6-8-13/h4-8,11-12,16H,9-10H2,1-3H3/t11-,12-,14-/m1/s1. The molecule has 0 spiro atoms. The van der Waals surface area contributed by atoms with E-state index in [-0.39, 0.29) is 5.92 Å². The second-order valence-corrected chi connectivity index (χ2v) is 5.18. The molecule has 1 aromatic rings. The molecule has 88 valence electrons. The third-order valence-electron chi connectivity index (χ3n) is 4.01. The number of rotatable bonds is 1. The van der Waals surface area contributed by atoms with Gasteiger partial charge >= 0.3 is 0 Å². The van der Waals surface area contributed by atoms with Gasteiger partial charge < -0.3 is 10.0 Å². The minimum atomic E-state index is -0.660. The van der Waals surface area contributed by atoms with Crippen LogP contribution in [0, 0.1) is 5.92 Å². The SMILES string of the molecule is C[C@@H]1C[C@](O)(c2ccccc2)[C@H](C)CN1C. The molecule has 0 amide bonds. The molecule has 1 heterocycles. The first kappa shape index (κ1) is 11.6. The van der Waals surface area contributed by atoms with Gasteiger partial charge in [0.05, 0.1) is 5.60 Å². The van der Waals surface area contributed by atoms with Crippen molar-refractivity contribution in [1.82, 2.24) is 4.90 Å². The van der Waals surface area contributed by atoms with E-state index in [0.29, 0.717) is 6.04 Å². The van der Waals surface area contributed by atoms with E-state index in [1.54, 1.807) is 0 Å². The van der Waals surface area contributed by atoms with Gasteiger partial charge in [-0.25, -0.2) is 0 Å². The Bertz CT molecular complexity index is 351. The Morgan fingerprint density at radius 3 is 2.50 bits per heavy atom. The van der Waals surface area contributed by atoms with Crippen molar-refractivity contribution in [1.29, 1.82) is 0 Å². The molecule has 0 unspecified atom stereocenters. The lowest BCUT2D eigenvalue weighted by molar-refractivity contribution is -0.0843. The third kappa shape index (κ3) is 1.87. The van der Waals surface area contributed by atoms with E-state index in [4.69, 9.17) is 0 Å². The van der Waals surface area contributed by atoms with E-state index in [9.17, 15) is 5.11 Å². The van der Waals surface area contributed by atoms with Gasteiger partial charge in [0.25, 0.3) is 0 Å². The lowest BCUT2D eigenvalue weighted by atomic mass is 9.74. The van der Waals surface area contributed by atoms with Crippen LogP contribution in [0.3, 0.4) is 0 Å². The van der Waals surface area contributed by atoms with E-state index in [1.807, 2.05) is 30.3 Å². The highest BCUT2D eigenvalue weighted by atomic mass is 16.3. The van der Waals surface area contributed by atoms with Crippen molar-refractivity contribution >= 4 is 0 Å². The molecule has 3 atom stereocenters. The molecule has 1 N–H and O–H groups in total. The van der Waals surface area contributed by atoms with E-state index in [2.05, 4.69) is 25.8 Å². The topological polar surface area (TPSA) is 23.5 Å². The van der Waals surface area contributed by atoms with Crippen molar-refractivity contribution in [2.24, 2.45) is 5.92 Å². The molecule has 0 bridgehead atoms. The molecule has 1 aromatic carbocycles. The van der Waals surface area contributed by atoms with Crippen LogP contribution >= 0.6 is 0 Å². The third-order valence-corrected chi connectivity index (χ3v) is 4.01. The summed E-state index contributed by atoms with van der Waals surface area (Å²) in [7, 11) is 2.13. The van der Waals surface area contributed by atoms with Gasteiger partial charge in [-0.15, -0.1) is 0 Å². The van der Waals surface area contributed by atoms with Crippen molar-refractivity contribution in [3.8, 4) is 0 Å². The summed E-state index contributed by atoms with van der Waals surface area (Å²) in [6, 6.07) is 10.5. The summed E-state index contributed by atoms with van der Waals surface area (Å²) in [5.41, 5.74) is 0.398. The zero-order chi connectivity index (χ0) is 11.8. The number of benzene rings is 1. The van der Waals surface area contributed by atoms with Crippen LogP contribution in [0.2, 0.25) is 0 Å². The summed E-state index contributed by atoms with van der Waals surface area (Å²) >= 11 is 0. The van der Waals surface area contributed by atoms with Crippen LogP contribution < -0.4 is 0 Å². The molecule has 1 saturated heterocycles. The molecule has 2 rings (SSSR count). The average Bonchev–Trinajstić information content (AvgIpc) is 2.28. The number of nitrogens with zero attached hydrogens (tertiary/aromatic N) is 1. The first-order valence-electron chi connectivity index (χ1n) is 6.02. The van der Waals surface area contributed by atoms with Crippen molar-refractivity contribution in [2.75, 3.05) is 13.6 Å². The zero-order valence-electron chi connectivity index (χ0n) is 10.4. The average molecular weight is 219 g/mol. The molecule has 0 radical (unpaired) electrons. The molecule has 0 aliphatic carbocycles. The molecule has 2 nitrogen and oxygen atoms in total. The zero-order valence-corrected chi connectivity index (χ0v) is 10.4. The Balaban J connectivity index is 2.31. The van der Waals surface area contributed by atoms with Gasteiger partial charge in [-0.3, -0.25) is 0 Å². The van der Waals surface area contributed by atoms with Crippen molar-refractivity contribution in [2.45, 2.75) is 31.9 Å². The number of aliphatic hydroxyl groups is 1.